The van der Waals surface area contributed by atoms with Gasteiger partial charge in [0.05, 0.1) is 18.1 Å². The third-order valence-corrected chi connectivity index (χ3v) is 4.29. The normalized spacial score (nSPS) is 11.4. The van der Waals surface area contributed by atoms with Gasteiger partial charge in [0, 0.05) is 39.5 Å². The predicted octanol–water partition coefficient (Wildman–Crippen LogP) is 3.79. The lowest BCUT2D eigenvalue weighted by Gasteiger charge is -2.03. The highest BCUT2D eigenvalue weighted by atomic mass is 16.2. The molecule has 2 heterocycles. The summed E-state index contributed by atoms with van der Waals surface area (Å²) in [7, 11) is 0. The van der Waals surface area contributed by atoms with E-state index in [0.717, 1.165) is 39.6 Å². The van der Waals surface area contributed by atoms with Crippen LogP contribution in [0.25, 0.3) is 0 Å². The standard InChI is InChI=1S/C21H24N6O/c1-13-9-18(15(3)24-13)11-22-26-20-7-5-17(6-8-20)21(28)27-23-12-19-10-14(2)25-16(19)4/h5-12,24-26H,1-4H3,(H,27,28)/b22-11+,23-12+. The molecule has 28 heavy (non-hydrogen) atoms. The second kappa shape index (κ2) is 8.39. The van der Waals surface area contributed by atoms with Crippen LogP contribution in [0.4, 0.5) is 5.69 Å². The molecule has 7 nitrogen and oxygen atoms in total. The number of aromatic nitrogens is 2. The Bertz CT molecular complexity index is 1020. The Morgan fingerprint density at radius 2 is 1.39 bits per heavy atom. The Kier molecular flexibility index (Phi) is 5.74. The smallest absolute Gasteiger partial charge is 0.271 e. The van der Waals surface area contributed by atoms with Gasteiger partial charge in [-0.05, 0) is 64.1 Å². The summed E-state index contributed by atoms with van der Waals surface area (Å²) in [6, 6.07) is 11.0. The Balaban J connectivity index is 1.55. The van der Waals surface area contributed by atoms with E-state index in [1.54, 1.807) is 36.7 Å². The highest BCUT2D eigenvalue weighted by Gasteiger charge is 2.04. The summed E-state index contributed by atoms with van der Waals surface area (Å²) in [6.07, 6.45) is 3.39. The van der Waals surface area contributed by atoms with Crippen LogP contribution in [0.15, 0.2) is 46.6 Å². The molecular weight excluding hydrogens is 352 g/mol. The fourth-order valence-electron chi connectivity index (χ4n) is 2.86. The average Bonchev–Trinajstić information content (AvgIpc) is 3.15. The van der Waals surface area contributed by atoms with Gasteiger partial charge in [-0.1, -0.05) is 0 Å². The fraction of sp³-hybridized carbons (Fsp3) is 0.190. The van der Waals surface area contributed by atoms with Crippen LogP contribution in [0, 0.1) is 27.7 Å². The van der Waals surface area contributed by atoms with Crippen LogP contribution in [0.2, 0.25) is 0 Å². The van der Waals surface area contributed by atoms with Crippen molar-refractivity contribution in [1.29, 1.82) is 0 Å². The number of carbonyl (C=O) groups is 1. The van der Waals surface area contributed by atoms with E-state index in [4.69, 9.17) is 0 Å². The number of rotatable bonds is 6. The molecule has 0 radical (unpaired) electrons. The minimum Gasteiger partial charge on any atom is -0.362 e. The number of H-pyrrole nitrogens is 2. The minimum atomic E-state index is -0.269. The summed E-state index contributed by atoms with van der Waals surface area (Å²) in [5.74, 6) is -0.269. The van der Waals surface area contributed by atoms with E-state index in [9.17, 15) is 4.79 Å². The van der Waals surface area contributed by atoms with Gasteiger partial charge in [-0.2, -0.15) is 10.2 Å². The number of nitrogens with one attached hydrogen (secondary N) is 4. The number of aromatic amines is 2. The van der Waals surface area contributed by atoms with Gasteiger partial charge in [-0.25, -0.2) is 5.43 Å². The maximum atomic E-state index is 12.2. The molecule has 4 N–H and O–H groups in total. The number of hydrazone groups is 2. The van der Waals surface area contributed by atoms with Gasteiger partial charge in [0.2, 0.25) is 0 Å². The van der Waals surface area contributed by atoms with Crippen molar-refractivity contribution in [3.63, 3.8) is 0 Å². The number of aryl methyl sites for hydroxylation is 4. The molecule has 0 bridgehead atoms. The molecule has 0 aliphatic carbocycles. The van der Waals surface area contributed by atoms with Crippen molar-refractivity contribution < 1.29 is 4.79 Å². The number of anilines is 1. The lowest BCUT2D eigenvalue weighted by atomic mass is 10.2. The molecule has 2 aromatic heterocycles. The molecule has 0 aliphatic heterocycles. The zero-order valence-corrected chi connectivity index (χ0v) is 16.4. The van der Waals surface area contributed by atoms with E-state index < -0.39 is 0 Å². The number of carbonyl (C=O) groups excluding carboxylic acids is 1. The van der Waals surface area contributed by atoms with Gasteiger partial charge in [0.25, 0.3) is 5.91 Å². The monoisotopic (exact) mass is 376 g/mol. The van der Waals surface area contributed by atoms with Crippen LogP contribution in [-0.2, 0) is 0 Å². The second-order valence-electron chi connectivity index (χ2n) is 6.71. The molecule has 1 aromatic carbocycles. The first-order valence-corrected chi connectivity index (χ1v) is 8.97. The van der Waals surface area contributed by atoms with Gasteiger partial charge in [0.15, 0.2) is 0 Å². The van der Waals surface area contributed by atoms with E-state index in [0.29, 0.717) is 5.56 Å². The summed E-state index contributed by atoms with van der Waals surface area (Å²) in [4.78, 5) is 18.6. The van der Waals surface area contributed by atoms with Crippen molar-refractivity contribution in [2.75, 3.05) is 5.43 Å². The zero-order chi connectivity index (χ0) is 20.1. The van der Waals surface area contributed by atoms with Crippen molar-refractivity contribution in [3.05, 3.63) is 75.9 Å². The van der Waals surface area contributed by atoms with E-state index in [-0.39, 0.29) is 5.91 Å². The molecule has 3 aromatic rings. The molecule has 0 saturated carbocycles. The first kappa shape index (κ1) is 19.2. The minimum absolute atomic E-state index is 0.269. The van der Waals surface area contributed by atoms with Gasteiger partial charge in [-0.3, -0.25) is 10.2 Å². The maximum absolute atomic E-state index is 12.2. The molecule has 0 fully saturated rings. The molecule has 0 spiro atoms. The van der Waals surface area contributed by atoms with Crippen molar-refractivity contribution >= 4 is 24.0 Å². The van der Waals surface area contributed by atoms with E-state index in [2.05, 4.69) is 31.0 Å². The zero-order valence-electron chi connectivity index (χ0n) is 16.4. The number of hydrogen-bond acceptors (Lipinski definition) is 4. The summed E-state index contributed by atoms with van der Waals surface area (Å²) in [6.45, 7) is 7.95. The Morgan fingerprint density at radius 3 is 1.89 bits per heavy atom. The van der Waals surface area contributed by atoms with Crippen LogP contribution >= 0.6 is 0 Å². The number of benzene rings is 1. The lowest BCUT2D eigenvalue weighted by Crippen LogP contribution is -2.17. The van der Waals surface area contributed by atoms with Crippen molar-refractivity contribution in [3.8, 4) is 0 Å². The number of amides is 1. The number of hydrogen-bond donors (Lipinski definition) is 4. The SMILES string of the molecule is Cc1cc(/C=N/NC(=O)c2ccc(N/N=C/c3cc(C)[nH]c3C)cc2)c(C)[nH]1. The Hall–Kier alpha value is -3.61. The van der Waals surface area contributed by atoms with Crippen molar-refractivity contribution in [1.82, 2.24) is 15.4 Å². The summed E-state index contributed by atoms with van der Waals surface area (Å²) in [5, 5.41) is 8.25. The van der Waals surface area contributed by atoms with Crippen molar-refractivity contribution in [2.24, 2.45) is 10.2 Å². The molecule has 7 heteroatoms. The topological polar surface area (TPSA) is 97.4 Å². The number of nitrogens with zero attached hydrogens (tertiary/aromatic N) is 2. The van der Waals surface area contributed by atoms with Gasteiger partial charge >= 0.3 is 0 Å². The Labute approximate surface area is 164 Å². The average molecular weight is 376 g/mol. The third-order valence-electron chi connectivity index (χ3n) is 4.29. The molecule has 1 amide bonds. The van der Waals surface area contributed by atoms with E-state index >= 15 is 0 Å². The first-order chi connectivity index (χ1) is 13.4. The maximum Gasteiger partial charge on any atom is 0.271 e. The van der Waals surface area contributed by atoms with Gasteiger partial charge < -0.3 is 9.97 Å². The highest BCUT2D eigenvalue weighted by Crippen LogP contribution is 2.11. The Morgan fingerprint density at radius 1 is 0.857 bits per heavy atom. The summed E-state index contributed by atoms with van der Waals surface area (Å²) < 4.78 is 0. The van der Waals surface area contributed by atoms with Crippen LogP contribution in [0.5, 0.6) is 0 Å². The van der Waals surface area contributed by atoms with Gasteiger partial charge in [0.1, 0.15) is 0 Å². The van der Waals surface area contributed by atoms with Crippen LogP contribution in [0.3, 0.4) is 0 Å². The molecular formula is C21H24N6O. The van der Waals surface area contributed by atoms with Crippen LogP contribution < -0.4 is 10.9 Å². The molecule has 0 unspecified atom stereocenters. The highest BCUT2D eigenvalue weighted by molar-refractivity contribution is 5.95. The third kappa shape index (κ3) is 4.76. The first-order valence-electron chi connectivity index (χ1n) is 8.97. The summed E-state index contributed by atoms with van der Waals surface area (Å²) >= 11 is 0. The molecule has 3 rings (SSSR count). The largest absolute Gasteiger partial charge is 0.362 e. The molecule has 144 valence electrons. The summed E-state index contributed by atoms with van der Waals surface area (Å²) in [5.41, 5.74) is 13.0. The van der Waals surface area contributed by atoms with Crippen LogP contribution in [-0.4, -0.2) is 28.3 Å². The quantitative estimate of drug-likeness (QED) is 0.389. The van der Waals surface area contributed by atoms with E-state index in [1.807, 2.05) is 39.8 Å². The molecule has 0 saturated heterocycles. The lowest BCUT2D eigenvalue weighted by molar-refractivity contribution is 0.0955. The predicted molar refractivity (Wildman–Crippen MR) is 113 cm³/mol. The fourth-order valence-corrected chi connectivity index (χ4v) is 2.86. The van der Waals surface area contributed by atoms with Gasteiger partial charge in [-0.15, -0.1) is 0 Å². The molecule has 0 atom stereocenters. The van der Waals surface area contributed by atoms with E-state index in [1.165, 1.54) is 0 Å². The second-order valence-corrected chi connectivity index (χ2v) is 6.71. The van der Waals surface area contributed by atoms with Crippen LogP contribution in [0.1, 0.15) is 44.3 Å². The van der Waals surface area contributed by atoms with Crippen molar-refractivity contribution in [2.45, 2.75) is 27.7 Å². The molecule has 0 aliphatic rings.